The Hall–Kier alpha value is -2.64. The first-order chi connectivity index (χ1) is 8.86. The topological polar surface area (TPSA) is 125 Å². The number of primary amides is 1. The van der Waals surface area contributed by atoms with Crippen molar-refractivity contribution in [2.24, 2.45) is 5.73 Å². The molecule has 3 N–H and O–H groups in total. The second-order valence-electron chi connectivity index (χ2n) is 3.69. The fourth-order valence-corrected chi connectivity index (χ4v) is 1.31. The molecule has 0 saturated heterocycles. The van der Waals surface area contributed by atoms with E-state index in [4.69, 9.17) is 10.5 Å². The van der Waals surface area contributed by atoms with Crippen molar-refractivity contribution in [2.75, 3.05) is 12.4 Å². The van der Waals surface area contributed by atoms with Crippen molar-refractivity contribution in [3.8, 4) is 0 Å². The van der Waals surface area contributed by atoms with E-state index in [2.05, 4.69) is 5.32 Å². The maximum absolute atomic E-state index is 11.7. The zero-order valence-electron chi connectivity index (χ0n) is 10.4. The number of esters is 1. The summed E-state index contributed by atoms with van der Waals surface area (Å²) in [5.41, 5.74) is 4.93. The molecule has 1 aromatic carbocycles. The normalized spacial score (nSPS) is 11.5. The van der Waals surface area contributed by atoms with Crippen LogP contribution in [-0.4, -0.2) is 30.0 Å². The zero-order valence-corrected chi connectivity index (χ0v) is 10.4. The number of nitro groups is 1. The predicted molar refractivity (Wildman–Crippen MR) is 66.7 cm³/mol. The van der Waals surface area contributed by atoms with Crippen molar-refractivity contribution in [1.29, 1.82) is 0 Å². The molecule has 0 aliphatic carbocycles. The number of carbonyl (C=O) groups is 2. The Kier molecular flexibility index (Phi) is 4.41. The molecular formula is C11H13N3O5. The van der Waals surface area contributed by atoms with Gasteiger partial charge in [0.05, 0.1) is 10.5 Å². The third kappa shape index (κ3) is 3.41. The van der Waals surface area contributed by atoms with Gasteiger partial charge >= 0.3 is 5.97 Å². The first-order valence-electron chi connectivity index (χ1n) is 5.33. The number of nitrogens with two attached hydrogens (primary N) is 1. The number of amides is 1. The molecule has 19 heavy (non-hydrogen) atoms. The van der Waals surface area contributed by atoms with E-state index in [9.17, 15) is 19.7 Å². The molecule has 1 rings (SSSR count). The second kappa shape index (κ2) is 5.80. The first-order valence-corrected chi connectivity index (χ1v) is 5.33. The van der Waals surface area contributed by atoms with Gasteiger partial charge in [0.1, 0.15) is 5.69 Å². The lowest BCUT2D eigenvalue weighted by Crippen LogP contribution is -2.30. The van der Waals surface area contributed by atoms with Gasteiger partial charge in [-0.25, -0.2) is 4.79 Å². The van der Waals surface area contributed by atoms with Crippen molar-refractivity contribution >= 4 is 23.3 Å². The van der Waals surface area contributed by atoms with E-state index >= 15 is 0 Å². The molecule has 0 heterocycles. The zero-order chi connectivity index (χ0) is 14.6. The van der Waals surface area contributed by atoms with E-state index in [1.165, 1.54) is 26.1 Å². The number of anilines is 1. The van der Waals surface area contributed by atoms with Gasteiger partial charge < -0.3 is 15.8 Å². The lowest BCUT2D eigenvalue weighted by atomic mass is 10.1. The standard InChI is InChI=1S/C11H13N3O5/c1-6(10(12)15)19-11(16)7-3-4-8(13-2)9(5-7)14(17)18/h3-6,13H,1-2H3,(H2,12,15)/t6-/m1/s1. The van der Waals surface area contributed by atoms with Gasteiger partial charge in [0.25, 0.3) is 11.6 Å². The maximum atomic E-state index is 11.7. The quantitative estimate of drug-likeness (QED) is 0.459. The second-order valence-corrected chi connectivity index (χ2v) is 3.69. The molecule has 8 nitrogen and oxygen atoms in total. The van der Waals surface area contributed by atoms with Crippen LogP contribution in [0.3, 0.4) is 0 Å². The molecule has 0 aliphatic rings. The van der Waals surface area contributed by atoms with E-state index in [0.29, 0.717) is 0 Å². The smallest absolute Gasteiger partial charge is 0.339 e. The molecule has 1 amide bonds. The van der Waals surface area contributed by atoms with E-state index in [1.807, 2.05) is 0 Å². The van der Waals surface area contributed by atoms with Crippen LogP contribution in [0.4, 0.5) is 11.4 Å². The van der Waals surface area contributed by atoms with Crippen molar-refractivity contribution in [3.05, 3.63) is 33.9 Å². The number of hydrogen-bond donors (Lipinski definition) is 2. The molecule has 0 bridgehead atoms. The highest BCUT2D eigenvalue weighted by Crippen LogP contribution is 2.25. The Morgan fingerprint density at radius 1 is 1.47 bits per heavy atom. The monoisotopic (exact) mass is 267 g/mol. The molecular weight excluding hydrogens is 254 g/mol. The SMILES string of the molecule is CNc1ccc(C(=O)O[C@H](C)C(N)=O)cc1[N+](=O)[O-]. The minimum atomic E-state index is -1.10. The van der Waals surface area contributed by atoms with Crippen LogP contribution >= 0.6 is 0 Å². The van der Waals surface area contributed by atoms with Gasteiger partial charge in [0.15, 0.2) is 6.10 Å². The average molecular weight is 267 g/mol. The van der Waals surface area contributed by atoms with Crippen LogP contribution in [0.2, 0.25) is 0 Å². The Morgan fingerprint density at radius 2 is 2.11 bits per heavy atom. The summed E-state index contributed by atoms with van der Waals surface area (Å²) in [7, 11) is 1.52. The maximum Gasteiger partial charge on any atom is 0.339 e. The molecule has 0 aliphatic heterocycles. The van der Waals surface area contributed by atoms with E-state index in [0.717, 1.165) is 6.07 Å². The summed E-state index contributed by atoms with van der Waals surface area (Å²) in [6, 6.07) is 3.81. The van der Waals surface area contributed by atoms with Crippen LogP contribution in [0.5, 0.6) is 0 Å². The third-order valence-corrected chi connectivity index (χ3v) is 2.38. The van der Waals surface area contributed by atoms with Gasteiger partial charge in [-0.1, -0.05) is 0 Å². The van der Waals surface area contributed by atoms with Crippen molar-refractivity contribution in [1.82, 2.24) is 0 Å². The number of carbonyl (C=O) groups excluding carboxylic acids is 2. The van der Waals surface area contributed by atoms with E-state index in [1.54, 1.807) is 0 Å². The highest BCUT2D eigenvalue weighted by molar-refractivity contribution is 5.93. The largest absolute Gasteiger partial charge is 0.449 e. The molecule has 8 heteroatoms. The number of nitrogens with one attached hydrogen (secondary N) is 1. The Balaban J connectivity index is 3.02. The number of benzene rings is 1. The number of hydrogen-bond acceptors (Lipinski definition) is 6. The highest BCUT2D eigenvalue weighted by atomic mass is 16.6. The highest BCUT2D eigenvalue weighted by Gasteiger charge is 2.20. The van der Waals surface area contributed by atoms with Crippen LogP contribution in [0.25, 0.3) is 0 Å². The van der Waals surface area contributed by atoms with E-state index < -0.39 is 22.9 Å². The molecule has 102 valence electrons. The van der Waals surface area contributed by atoms with Crippen LogP contribution in [0, 0.1) is 10.1 Å². The van der Waals surface area contributed by atoms with Crippen molar-refractivity contribution in [3.63, 3.8) is 0 Å². The summed E-state index contributed by atoms with van der Waals surface area (Å²) in [6.45, 7) is 1.32. The predicted octanol–water partition coefficient (Wildman–Crippen LogP) is 0.667. The average Bonchev–Trinajstić information content (AvgIpc) is 2.37. The number of ether oxygens (including phenoxy) is 1. The summed E-state index contributed by atoms with van der Waals surface area (Å²) < 4.78 is 4.75. The third-order valence-electron chi connectivity index (χ3n) is 2.38. The van der Waals surface area contributed by atoms with Crippen LogP contribution < -0.4 is 11.1 Å². The number of rotatable bonds is 5. The Labute approximate surface area is 108 Å². The molecule has 0 unspecified atom stereocenters. The summed E-state index contributed by atoms with van der Waals surface area (Å²) >= 11 is 0. The van der Waals surface area contributed by atoms with E-state index in [-0.39, 0.29) is 16.9 Å². The minimum Gasteiger partial charge on any atom is -0.449 e. The van der Waals surface area contributed by atoms with Gasteiger partial charge in [-0.05, 0) is 19.1 Å². The Morgan fingerprint density at radius 3 is 2.58 bits per heavy atom. The number of nitrogens with zero attached hydrogens (tertiary/aromatic N) is 1. The summed E-state index contributed by atoms with van der Waals surface area (Å²) in [5.74, 6) is -1.65. The van der Waals surface area contributed by atoms with Gasteiger partial charge in [0, 0.05) is 13.1 Å². The molecule has 0 aromatic heterocycles. The van der Waals surface area contributed by atoms with Crippen LogP contribution in [0.15, 0.2) is 18.2 Å². The molecule has 0 radical (unpaired) electrons. The van der Waals surface area contributed by atoms with Crippen molar-refractivity contribution < 1.29 is 19.2 Å². The lowest BCUT2D eigenvalue weighted by molar-refractivity contribution is -0.384. The lowest BCUT2D eigenvalue weighted by Gasteiger charge is -2.10. The molecule has 0 spiro atoms. The van der Waals surface area contributed by atoms with Crippen LogP contribution in [0.1, 0.15) is 17.3 Å². The fraction of sp³-hybridized carbons (Fsp3) is 0.273. The summed E-state index contributed by atoms with van der Waals surface area (Å²) in [6.07, 6.45) is -1.10. The van der Waals surface area contributed by atoms with Gasteiger partial charge in [-0.15, -0.1) is 0 Å². The first kappa shape index (κ1) is 14.4. The fourth-order valence-electron chi connectivity index (χ4n) is 1.31. The number of nitro benzene ring substituents is 1. The Bertz CT molecular complexity index is 529. The molecule has 0 fully saturated rings. The summed E-state index contributed by atoms with van der Waals surface area (Å²) in [4.78, 5) is 32.6. The molecule has 1 atom stereocenters. The minimum absolute atomic E-state index is 0.0289. The molecule has 0 saturated carbocycles. The van der Waals surface area contributed by atoms with Gasteiger partial charge in [0.2, 0.25) is 0 Å². The van der Waals surface area contributed by atoms with Crippen molar-refractivity contribution in [2.45, 2.75) is 13.0 Å². The van der Waals surface area contributed by atoms with Crippen LogP contribution in [-0.2, 0) is 9.53 Å². The summed E-state index contributed by atoms with van der Waals surface area (Å²) in [5, 5.41) is 13.5. The van der Waals surface area contributed by atoms with Gasteiger partial charge in [-0.2, -0.15) is 0 Å². The molecule has 1 aromatic rings. The van der Waals surface area contributed by atoms with Gasteiger partial charge in [-0.3, -0.25) is 14.9 Å².